The van der Waals surface area contributed by atoms with Crippen LogP contribution >= 0.6 is 22.6 Å². The van der Waals surface area contributed by atoms with Crippen LogP contribution in [0.1, 0.15) is 20.3 Å². The Bertz CT molecular complexity index is 508. The van der Waals surface area contributed by atoms with E-state index >= 15 is 0 Å². The molecule has 0 saturated heterocycles. The lowest BCUT2D eigenvalue weighted by Crippen LogP contribution is -2.43. The van der Waals surface area contributed by atoms with Crippen molar-refractivity contribution < 1.29 is 19.1 Å². The fourth-order valence-electron chi connectivity index (χ4n) is 1.60. The summed E-state index contributed by atoms with van der Waals surface area (Å²) < 4.78 is 13.5. The average molecular weight is 394 g/mol. The Morgan fingerprint density at radius 3 is 2.55 bits per heavy atom. The van der Waals surface area contributed by atoms with Crippen LogP contribution in [0.4, 0.5) is 14.9 Å². The lowest BCUT2D eigenvalue weighted by molar-refractivity contribution is -0.139. The maximum atomic E-state index is 12.9. The maximum Gasteiger partial charge on any atom is 0.326 e. The third-order valence-corrected chi connectivity index (χ3v) is 3.38. The van der Waals surface area contributed by atoms with Gasteiger partial charge in [-0.3, -0.25) is 0 Å². The Kier molecular flexibility index (Phi) is 6.18. The molecule has 0 saturated carbocycles. The fourth-order valence-corrected chi connectivity index (χ4v) is 2.21. The zero-order valence-electron chi connectivity index (χ0n) is 11.1. The number of amides is 2. The molecule has 0 aliphatic heterocycles. The number of rotatable bonds is 5. The molecule has 1 aromatic rings. The molecule has 0 unspecified atom stereocenters. The van der Waals surface area contributed by atoms with E-state index in [0.29, 0.717) is 15.7 Å². The summed E-state index contributed by atoms with van der Waals surface area (Å²) in [5.74, 6) is -1.34. The number of aliphatic carboxylic acids is 1. The van der Waals surface area contributed by atoms with Gasteiger partial charge in [0.15, 0.2) is 0 Å². The van der Waals surface area contributed by atoms with Crippen molar-refractivity contribution in [2.24, 2.45) is 5.92 Å². The van der Waals surface area contributed by atoms with Crippen LogP contribution in [-0.2, 0) is 4.79 Å². The lowest BCUT2D eigenvalue weighted by Gasteiger charge is -2.17. The number of hydrogen-bond acceptors (Lipinski definition) is 2. The van der Waals surface area contributed by atoms with Crippen LogP contribution < -0.4 is 10.6 Å². The summed E-state index contributed by atoms with van der Waals surface area (Å²) in [6, 6.07) is 2.35. The predicted octanol–water partition coefficient (Wildman–Crippen LogP) is 3.05. The Morgan fingerprint density at radius 1 is 1.40 bits per heavy atom. The molecule has 0 aliphatic carbocycles. The van der Waals surface area contributed by atoms with Crippen molar-refractivity contribution in [3.8, 4) is 0 Å². The smallest absolute Gasteiger partial charge is 0.326 e. The third kappa shape index (κ3) is 5.32. The molecule has 0 bridgehead atoms. The van der Waals surface area contributed by atoms with Crippen LogP contribution in [0.3, 0.4) is 0 Å². The second-order valence-electron chi connectivity index (χ2n) is 4.74. The highest BCUT2D eigenvalue weighted by Crippen LogP contribution is 2.19. The van der Waals surface area contributed by atoms with Gasteiger partial charge in [-0.1, -0.05) is 13.8 Å². The summed E-state index contributed by atoms with van der Waals surface area (Å²) in [4.78, 5) is 22.8. The van der Waals surface area contributed by atoms with Crippen LogP contribution in [0.25, 0.3) is 0 Å². The van der Waals surface area contributed by atoms with Crippen molar-refractivity contribution in [1.29, 1.82) is 0 Å². The minimum Gasteiger partial charge on any atom is -0.480 e. The standard InChI is InChI=1S/C13H16FIN2O3/c1-7(2)5-11(12(18)19)17-13(20)16-10-4-3-8(14)6-9(10)15/h3-4,6-7,11H,5H2,1-2H3,(H,18,19)(H2,16,17,20)/t11-/m0/s1. The van der Waals surface area contributed by atoms with E-state index in [1.165, 1.54) is 18.2 Å². The lowest BCUT2D eigenvalue weighted by atomic mass is 10.0. The molecule has 20 heavy (non-hydrogen) atoms. The second-order valence-corrected chi connectivity index (χ2v) is 5.91. The van der Waals surface area contributed by atoms with Crippen molar-refractivity contribution >= 4 is 40.3 Å². The zero-order valence-corrected chi connectivity index (χ0v) is 13.3. The summed E-state index contributed by atoms with van der Waals surface area (Å²) in [6.45, 7) is 3.75. The van der Waals surface area contributed by atoms with E-state index in [9.17, 15) is 14.0 Å². The Balaban J connectivity index is 2.68. The Labute approximate surface area is 130 Å². The van der Waals surface area contributed by atoms with Gasteiger partial charge < -0.3 is 15.7 Å². The van der Waals surface area contributed by atoms with E-state index in [0.717, 1.165) is 0 Å². The van der Waals surface area contributed by atoms with Crippen molar-refractivity contribution in [2.45, 2.75) is 26.3 Å². The first-order valence-electron chi connectivity index (χ1n) is 6.05. The van der Waals surface area contributed by atoms with E-state index in [2.05, 4.69) is 10.6 Å². The first kappa shape index (κ1) is 16.7. The number of carboxylic acids is 1. The minimum absolute atomic E-state index is 0.141. The van der Waals surface area contributed by atoms with E-state index < -0.39 is 23.9 Å². The highest BCUT2D eigenvalue weighted by molar-refractivity contribution is 14.1. The van der Waals surface area contributed by atoms with E-state index in [1.54, 1.807) is 0 Å². The molecule has 3 N–H and O–H groups in total. The quantitative estimate of drug-likeness (QED) is 0.672. The van der Waals surface area contributed by atoms with Gasteiger partial charge in [0, 0.05) is 3.57 Å². The van der Waals surface area contributed by atoms with E-state index in [1.807, 2.05) is 36.4 Å². The average Bonchev–Trinajstić information content (AvgIpc) is 2.31. The molecule has 0 heterocycles. The molecule has 0 radical (unpaired) electrons. The van der Waals surface area contributed by atoms with Gasteiger partial charge >= 0.3 is 12.0 Å². The largest absolute Gasteiger partial charge is 0.480 e. The molecule has 5 nitrogen and oxygen atoms in total. The molecule has 2 amide bonds. The van der Waals surface area contributed by atoms with Crippen LogP contribution in [0.15, 0.2) is 18.2 Å². The first-order chi connectivity index (χ1) is 9.29. The van der Waals surface area contributed by atoms with Gasteiger partial charge in [0.25, 0.3) is 0 Å². The first-order valence-corrected chi connectivity index (χ1v) is 7.13. The normalized spacial score (nSPS) is 12.1. The number of hydrogen-bond donors (Lipinski definition) is 3. The molecule has 0 fully saturated rings. The number of carboxylic acid groups (broad SMARTS) is 1. The highest BCUT2D eigenvalue weighted by Gasteiger charge is 2.21. The van der Waals surface area contributed by atoms with Crippen molar-refractivity contribution in [2.75, 3.05) is 5.32 Å². The molecule has 0 aliphatic rings. The van der Waals surface area contributed by atoms with Gasteiger partial charge in [-0.25, -0.2) is 14.0 Å². The molecular formula is C13H16FIN2O3. The summed E-state index contributed by atoms with van der Waals surface area (Å²) in [6.07, 6.45) is 0.337. The van der Waals surface area contributed by atoms with Gasteiger partial charge in [0.2, 0.25) is 0 Å². The van der Waals surface area contributed by atoms with Gasteiger partial charge in [-0.2, -0.15) is 0 Å². The van der Waals surface area contributed by atoms with Gasteiger partial charge in [-0.15, -0.1) is 0 Å². The number of nitrogens with one attached hydrogen (secondary N) is 2. The Morgan fingerprint density at radius 2 is 2.05 bits per heavy atom. The number of benzene rings is 1. The molecule has 0 spiro atoms. The summed E-state index contributed by atoms with van der Waals surface area (Å²) in [7, 11) is 0. The molecule has 1 aromatic carbocycles. The van der Waals surface area contributed by atoms with Crippen molar-refractivity contribution in [1.82, 2.24) is 5.32 Å². The summed E-state index contributed by atoms with van der Waals surface area (Å²) >= 11 is 1.89. The van der Waals surface area contributed by atoms with Crippen LogP contribution in [0, 0.1) is 15.3 Å². The zero-order chi connectivity index (χ0) is 15.3. The number of halogens is 2. The number of carbonyl (C=O) groups excluding carboxylic acids is 1. The molecular weight excluding hydrogens is 378 g/mol. The minimum atomic E-state index is -1.08. The van der Waals surface area contributed by atoms with Crippen LogP contribution in [0.2, 0.25) is 0 Å². The summed E-state index contributed by atoms with van der Waals surface area (Å²) in [5, 5.41) is 13.9. The highest BCUT2D eigenvalue weighted by atomic mass is 127. The molecule has 7 heteroatoms. The van der Waals surface area contributed by atoms with E-state index in [4.69, 9.17) is 5.11 Å². The third-order valence-electron chi connectivity index (χ3n) is 2.49. The Hall–Kier alpha value is -1.38. The van der Waals surface area contributed by atoms with Gasteiger partial charge in [0.1, 0.15) is 11.9 Å². The number of carbonyl (C=O) groups is 2. The topological polar surface area (TPSA) is 78.4 Å². The number of urea groups is 1. The van der Waals surface area contributed by atoms with Crippen molar-refractivity contribution in [3.63, 3.8) is 0 Å². The SMILES string of the molecule is CC(C)C[C@H](NC(=O)Nc1ccc(F)cc1I)C(=O)O. The molecule has 1 atom stereocenters. The molecule has 0 aromatic heterocycles. The van der Waals surface area contributed by atoms with Crippen LogP contribution in [-0.4, -0.2) is 23.1 Å². The van der Waals surface area contributed by atoms with Gasteiger partial charge in [-0.05, 0) is 53.1 Å². The summed E-state index contributed by atoms with van der Waals surface area (Å²) in [5.41, 5.74) is 0.429. The van der Waals surface area contributed by atoms with Crippen LogP contribution in [0.5, 0.6) is 0 Å². The van der Waals surface area contributed by atoms with Gasteiger partial charge in [0.05, 0.1) is 5.69 Å². The maximum absolute atomic E-state index is 12.9. The second kappa shape index (κ2) is 7.41. The molecule has 110 valence electrons. The predicted molar refractivity (Wildman–Crippen MR) is 82.2 cm³/mol. The fraction of sp³-hybridized carbons (Fsp3) is 0.385. The van der Waals surface area contributed by atoms with E-state index in [-0.39, 0.29) is 5.92 Å². The monoisotopic (exact) mass is 394 g/mol. The molecule has 1 rings (SSSR count). The van der Waals surface area contributed by atoms with Crippen molar-refractivity contribution in [3.05, 3.63) is 27.6 Å². The number of anilines is 1.